The molecular weight excluding hydrogens is 298 g/mol. The molecule has 0 aliphatic heterocycles. The summed E-state index contributed by atoms with van der Waals surface area (Å²) in [5, 5.41) is 7.90. The normalized spacial score (nSPS) is 11.5. The first-order valence-corrected chi connectivity index (χ1v) is 7.45. The van der Waals surface area contributed by atoms with Gasteiger partial charge in [-0.15, -0.1) is 0 Å². The summed E-state index contributed by atoms with van der Waals surface area (Å²) in [6.07, 6.45) is -0.631. The SMILES string of the molecule is CCOC(=O)NC(C(=O)Nc1cccc(NC(C)=O)c1)C(C)C. The monoisotopic (exact) mass is 321 g/mol. The van der Waals surface area contributed by atoms with Crippen LogP contribution >= 0.6 is 0 Å². The second-order valence-electron chi connectivity index (χ2n) is 5.34. The number of alkyl carbamates (subject to hydrolysis) is 1. The zero-order valence-corrected chi connectivity index (χ0v) is 13.8. The molecule has 3 amide bonds. The molecule has 0 aromatic heterocycles. The molecule has 1 unspecified atom stereocenters. The lowest BCUT2D eigenvalue weighted by molar-refractivity contribution is -0.119. The lowest BCUT2D eigenvalue weighted by Crippen LogP contribution is -2.47. The number of benzene rings is 1. The molecular formula is C16H23N3O4. The number of rotatable bonds is 6. The molecule has 1 rings (SSSR count). The van der Waals surface area contributed by atoms with Gasteiger partial charge in [0.05, 0.1) is 6.61 Å². The maximum absolute atomic E-state index is 12.4. The van der Waals surface area contributed by atoms with E-state index in [4.69, 9.17) is 4.74 Å². The van der Waals surface area contributed by atoms with Crippen LogP contribution in [-0.2, 0) is 14.3 Å². The summed E-state index contributed by atoms with van der Waals surface area (Å²) >= 11 is 0. The standard InChI is InChI=1S/C16H23N3O4/c1-5-23-16(22)19-14(10(2)3)15(21)18-13-8-6-7-12(9-13)17-11(4)20/h6-10,14H,5H2,1-4H3,(H,17,20)(H,18,21)(H,19,22). The molecule has 7 heteroatoms. The highest BCUT2D eigenvalue weighted by Crippen LogP contribution is 2.16. The Morgan fingerprint density at radius 2 is 1.74 bits per heavy atom. The van der Waals surface area contributed by atoms with Gasteiger partial charge in [0.15, 0.2) is 0 Å². The topological polar surface area (TPSA) is 96.5 Å². The van der Waals surface area contributed by atoms with Gasteiger partial charge in [0.1, 0.15) is 6.04 Å². The minimum absolute atomic E-state index is 0.113. The number of nitrogens with one attached hydrogen (secondary N) is 3. The van der Waals surface area contributed by atoms with Crippen LogP contribution in [0.15, 0.2) is 24.3 Å². The largest absolute Gasteiger partial charge is 0.450 e. The molecule has 7 nitrogen and oxygen atoms in total. The fourth-order valence-corrected chi connectivity index (χ4v) is 1.93. The second kappa shape index (κ2) is 8.77. The molecule has 0 aliphatic carbocycles. The molecule has 0 radical (unpaired) electrons. The van der Waals surface area contributed by atoms with Crippen molar-refractivity contribution in [3.8, 4) is 0 Å². The predicted octanol–water partition coefficient (Wildman–Crippen LogP) is 2.35. The highest BCUT2D eigenvalue weighted by atomic mass is 16.5. The van der Waals surface area contributed by atoms with E-state index in [1.807, 2.05) is 13.8 Å². The Morgan fingerprint density at radius 3 is 2.26 bits per heavy atom. The van der Waals surface area contributed by atoms with Crippen LogP contribution in [0, 0.1) is 5.92 Å². The highest BCUT2D eigenvalue weighted by Gasteiger charge is 2.24. The zero-order valence-electron chi connectivity index (χ0n) is 13.8. The molecule has 0 saturated heterocycles. The number of anilines is 2. The Labute approximate surface area is 135 Å². The van der Waals surface area contributed by atoms with Crippen molar-refractivity contribution in [2.24, 2.45) is 5.92 Å². The maximum atomic E-state index is 12.4. The molecule has 1 aromatic rings. The number of amides is 3. The van der Waals surface area contributed by atoms with Crippen molar-refractivity contribution in [2.75, 3.05) is 17.2 Å². The van der Waals surface area contributed by atoms with Gasteiger partial charge in [-0.25, -0.2) is 4.79 Å². The Hall–Kier alpha value is -2.57. The van der Waals surface area contributed by atoms with Gasteiger partial charge in [-0.2, -0.15) is 0 Å². The van der Waals surface area contributed by atoms with Crippen LogP contribution in [0.3, 0.4) is 0 Å². The van der Waals surface area contributed by atoms with E-state index in [1.54, 1.807) is 31.2 Å². The van der Waals surface area contributed by atoms with Crippen LogP contribution in [0.2, 0.25) is 0 Å². The summed E-state index contributed by atoms with van der Waals surface area (Å²) in [6.45, 7) is 6.98. The quantitative estimate of drug-likeness (QED) is 0.749. The number of carbonyl (C=O) groups excluding carboxylic acids is 3. The fourth-order valence-electron chi connectivity index (χ4n) is 1.93. The van der Waals surface area contributed by atoms with Crippen molar-refractivity contribution >= 4 is 29.3 Å². The van der Waals surface area contributed by atoms with Crippen molar-refractivity contribution in [1.82, 2.24) is 5.32 Å². The first-order chi connectivity index (χ1) is 10.8. The molecule has 0 fully saturated rings. The van der Waals surface area contributed by atoms with Crippen molar-refractivity contribution in [1.29, 1.82) is 0 Å². The lowest BCUT2D eigenvalue weighted by atomic mass is 10.0. The van der Waals surface area contributed by atoms with E-state index in [0.29, 0.717) is 11.4 Å². The van der Waals surface area contributed by atoms with Crippen LogP contribution in [-0.4, -0.2) is 30.6 Å². The van der Waals surface area contributed by atoms with Crippen LogP contribution in [0.1, 0.15) is 27.7 Å². The minimum Gasteiger partial charge on any atom is -0.450 e. The number of hydrogen-bond donors (Lipinski definition) is 3. The molecule has 0 bridgehead atoms. The zero-order chi connectivity index (χ0) is 17.4. The molecule has 0 heterocycles. The Balaban J connectivity index is 2.78. The smallest absolute Gasteiger partial charge is 0.407 e. The van der Waals surface area contributed by atoms with E-state index in [1.165, 1.54) is 6.92 Å². The van der Waals surface area contributed by atoms with Crippen molar-refractivity contribution in [3.63, 3.8) is 0 Å². The van der Waals surface area contributed by atoms with Gasteiger partial charge in [0.2, 0.25) is 11.8 Å². The third kappa shape index (κ3) is 6.37. The van der Waals surface area contributed by atoms with Gasteiger partial charge in [0.25, 0.3) is 0 Å². The van der Waals surface area contributed by atoms with E-state index in [-0.39, 0.29) is 24.3 Å². The summed E-state index contributed by atoms with van der Waals surface area (Å²) < 4.78 is 4.81. The second-order valence-corrected chi connectivity index (χ2v) is 5.34. The Morgan fingerprint density at radius 1 is 1.13 bits per heavy atom. The van der Waals surface area contributed by atoms with Crippen molar-refractivity contribution in [3.05, 3.63) is 24.3 Å². The van der Waals surface area contributed by atoms with Gasteiger partial charge < -0.3 is 20.7 Å². The van der Waals surface area contributed by atoms with Crippen LogP contribution in [0.25, 0.3) is 0 Å². The lowest BCUT2D eigenvalue weighted by Gasteiger charge is -2.21. The number of carbonyl (C=O) groups is 3. The van der Waals surface area contributed by atoms with E-state index in [9.17, 15) is 14.4 Å². The highest BCUT2D eigenvalue weighted by molar-refractivity contribution is 5.97. The summed E-state index contributed by atoms with van der Waals surface area (Å²) in [5.74, 6) is -0.663. The molecule has 23 heavy (non-hydrogen) atoms. The average Bonchev–Trinajstić information content (AvgIpc) is 2.44. The molecule has 0 saturated carbocycles. The number of ether oxygens (including phenoxy) is 1. The fraction of sp³-hybridized carbons (Fsp3) is 0.438. The van der Waals surface area contributed by atoms with E-state index >= 15 is 0 Å². The average molecular weight is 321 g/mol. The molecule has 1 atom stereocenters. The Bertz CT molecular complexity index is 572. The van der Waals surface area contributed by atoms with Crippen LogP contribution in [0.4, 0.5) is 16.2 Å². The van der Waals surface area contributed by atoms with Gasteiger partial charge in [0, 0.05) is 18.3 Å². The molecule has 0 spiro atoms. The summed E-state index contributed by atoms with van der Waals surface area (Å²) in [7, 11) is 0. The first-order valence-electron chi connectivity index (χ1n) is 7.45. The van der Waals surface area contributed by atoms with Crippen LogP contribution in [0.5, 0.6) is 0 Å². The maximum Gasteiger partial charge on any atom is 0.407 e. The summed E-state index contributed by atoms with van der Waals surface area (Å²) in [4.78, 5) is 35.0. The molecule has 126 valence electrons. The molecule has 1 aromatic carbocycles. The van der Waals surface area contributed by atoms with E-state index in [0.717, 1.165) is 0 Å². The van der Waals surface area contributed by atoms with E-state index < -0.39 is 12.1 Å². The molecule has 0 aliphatic rings. The van der Waals surface area contributed by atoms with Gasteiger partial charge >= 0.3 is 6.09 Å². The van der Waals surface area contributed by atoms with Crippen molar-refractivity contribution in [2.45, 2.75) is 33.7 Å². The van der Waals surface area contributed by atoms with E-state index in [2.05, 4.69) is 16.0 Å². The Kier molecular flexibility index (Phi) is 7.05. The summed E-state index contributed by atoms with van der Waals surface area (Å²) in [5.41, 5.74) is 1.10. The third-order valence-corrected chi connectivity index (χ3v) is 2.95. The van der Waals surface area contributed by atoms with Gasteiger partial charge in [-0.3, -0.25) is 9.59 Å². The van der Waals surface area contributed by atoms with Crippen molar-refractivity contribution < 1.29 is 19.1 Å². The van der Waals surface area contributed by atoms with Crippen LogP contribution < -0.4 is 16.0 Å². The molecule has 3 N–H and O–H groups in total. The predicted molar refractivity (Wildman–Crippen MR) is 88.2 cm³/mol. The summed E-state index contributed by atoms with van der Waals surface area (Å²) in [6, 6.07) is 6.04. The van der Waals surface area contributed by atoms with Gasteiger partial charge in [-0.05, 0) is 31.0 Å². The van der Waals surface area contributed by atoms with Gasteiger partial charge in [-0.1, -0.05) is 19.9 Å². The first kappa shape index (κ1) is 18.5. The number of hydrogen-bond acceptors (Lipinski definition) is 4. The third-order valence-electron chi connectivity index (χ3n) is 2.95. The minimum atomic E-state index is -0.724.